The summed E-state index contributed by atoms with van der Waals surface area (Å²) in [5.74, 6) is -0.479. The number of carbonyl (C=O) groups excluding carboxylic acids is 2. The Morgan fingerprint density at radius 1 is 0.405 bits per heavy atom. The van der Waals surface area contributed by atoms with Crippen molar-refractivity contribution in [3.05, 3.63) is 24.3 Å². The van der Waals surface area contributed by atoms with Gasteiger partial charge in [-0.3, -0.25) is 18.6 Å². The van der Waals surface area contributed by atoms with Gasteiger partial charge < -0.3 is 19.4 Å². The molecule has 3 atom stereocenters. The molecule has 0 aliphatic rings. The average molecular weight is 1210 g/mol. The summed E-state index contributed by atoms with van der Waals surface area (Å²) >= 11 is 0. The van der Waals surface area contributed by atoms with Crippen molar-refractivity contribution in [3.8, 4) is 0 Å². The normalized spacial score (nSPS) is 13.6. The minimum Gasteiger partial charge on any atom is -0.456 e. The third-order valence-corrected chi connectivity index (χ3v) is 18.1. The summed E-state index contributed by atoms with van der Waals surface area (Å²) in [5.41, 5.74) is 0. The third kappa shape index (κ3) is 64.9. The second-order valence-corrected chi connectivity index (χ2v) is 28.3. The molecule has 0 aliphatic heterocycles. The van der Waals surface area contributed by atoms with Gasteiger partial charge in [-0.2, -0.15) is 0 Å². The number of carbonyl (C=O) groups is 2. The molecule has 0 rings (SSSR count). The van der Waals surface area contributed by atoms with Crippen LogP contribution in [0, 0.1) is 0 Å². The minimum absolute atomic E-state index is 0.0450. The zero-order valence-electron chi connectivity index (χ0n) is 57.2. The summed E-state index contributed by atoms with van der Waals surface area (Å²) in [7, 11) is 1.52. The van der Waals surface area contributed by atoms with Gasteiger partial charge in [0.2, 0.25) is 5.91 Å². The standard InChI is InChI=1S/C74H145N2O7P/c1-7-10-13-16-19-22-25-28-30-32-34-35-36-37-38-39-40-41-43-45-47-49-52-55-58-61-64-67-74(78)83-72(65-62-59-56-53-50-27-24-21-18-15-12-9-3)71(70-82-84(79,80)81-69-68-76(4,5)6)75-73(77)66-63-60-57-54-51-48-46-44-42-33-31-29-26-23-20-17-14-11-8-2/h28,30,62,65,71-72H,7-27,29,31-61,63-64,66-70H2,1-6H3,(H-,75,77,79,80)/p+1/b30-28+,65-62+. The monoisotopic (exact) mass is 1210 g/mol. The van der Waals surface area contributed by atoms with Gasteiger partial charge in [-0.25, -0.2) is 4.57 Å². The molecule has 0 saturated heterocycles. The lowest BCUT2D eigenvalue weighted by atomic mass is 10.0. The molecule has 498 valence electrons. The number of hydrogen-bond donors (Lipinski definition) is 2. The second kappa shape index (κ2) is 64.5. The third-order valence-electron chi connectivity index (χ3n) is 17.1. The van der Waals surface area contributed by atoms with E-state index in [1.165, 1.54) is 295 Å². The first-order valence-corrected chi connectivity index (χ1v) is 38.7. The number of unbranched alkanes of at least 4 members (excludes halogenated alkanes) is 51. The fraction of sp³-hybridized carbons (Fsp3) is 0.919. The van der Waals surface area contributed by atoms with Crippen molar-refractivity contribution in [2.24, 2.45) is 0 Å². The van der Waals surface area contributed by atoms with E-state index in [1.807, 2.05) is 27.2 Å². The Morgan fingerprint density at radius 3 is 1.01 bits per heavy atom. The van der Waals surface area contributed by atoms with Crippen LogP contribution in [0.3, 0.4) is 0 Å². The molecule has 0 aromatic heterocycles. The van der Waals surface area contributed by atoms with Crippen LogP contribution >= 0.6 is 7.82 Å². The fourth-order valence-corrected chi connectivity index (χ4v) is 12.1. The number of hydrogen-bond acceptors (Lipinski definition) is 6. The van der Waals surface area contributed by atoms with Gasteiger partial charge >= 0.3 is 13.8 Å². The Morgan fingerprint density at radius 2 is 0.690 bits per heavy atom. The first-order valence-electron chi connectivity index (χ1n) is 37.2. The Hall–Kier alpha value is -1.51. The van der Waals surface area contributed by atoms with Gasteiger partial charge in [0, 0.05) is 12.8 Å². The molecular weight excluding hydrogens is 1060 g/mol. The Balaban J connectivity index is 4.94. The molecule has 0 spiro atoms. The molecule has 9 nitrogen and oxygen atoms in total. The molecule has 3 unspecified atom stereocenters. The van der Waals surface area contributed by atoms with Crippen molar-refractivity contribution in [2.45, 2.75) is 399 Å². The van der Waals surface area contributed by atoms with Crippen molar-refractivity contribution in [1.29, 1.82) is 0 Å². The van der Waals surface area contributed by atoms with Gasteiger partial charge in [0.1, 0.15) is 19.3 Å². The summed E-state index contributed by atoms with van der Waals surface area (Å²) in [4.78, 5) is 37.9. The van der Waals surface area contributed by atoms with Crippen LogP contribution in [0.4, 0.5) is 0 Å². The molecule has 2 N–H and O–H groups in total. The number of amides is 1. The molecular formula is C74H146N2O7P+. The quantitative estimate of drug-likeness (QED) is 0.0205. The van der Waals surface area contributed by atoms with E-state index in [4.69, 9.17) is 13.8 Å². The van der Waals surface area contributed by atoms with E-state index < -0.39 is 20.0 Å². The van der Waals surface area contributed by atoms with Crippen LogP contribution in [0.5, 0.6) is 0 Å². The second-order valence-electron chi connectivity index (χ2n) is 26.8. The van der Waals surface area contributed by atoms with Gasteiger partial charge in [0.05, 0.1) is 33.8 Å². The number of ether oxygens (including phenoxy) is 1. The predicted molar refractivity (Wildman–Crippen MR) is 365 cm³/mol. The lowest BCUT2D eigenvalue weighted by Gasteiger charge is -2.27. The van der Waals surface area contributed by atoms with Crippen LogP contribution in [0.15, 0.2) is 24.3 Å². The molecule has 0 aliphatic carbocycles. The molecule has 0 radical (unpaired) electrons. The van der Waals surface area contributed by atoms with E-state index in [0.29, 0.717) is 23.9 Å². The Bertz CT molecular complexity index is 1480. The molecule has 1 amide bonds. The minimum atomic E-state index is -4.45. The van der Waals surface area contributed by atoms with Gasteiger partial charge in [-0.05, 0) is 57.4 Å². The zero-order valence-corrected chi connectivity index (χ0v) is 58.1. The molecule has 10 heteroatoms. The first-order chi connectivity index (χ1) is 40.9. The lowest BCUT2D eigenvalue weighted by molar-refractivity contribution is -0.870. The van der Waals surface area contributed by atoms with Crippen molar-refractivity contribution < 1.29 is 37.3 Å². The van der Waals surface area contributed by atoms with Gasteiger partial charge in [-0.1, -0.05) is 341 Å². The lowest BCUT2D eigenvalue weighted by Crippen LogP contribution is -2.47. The van der Waals surface area contributed by atoms with Gasteiger partial charge in [0.25, 0.3) is 0 Å². The topological polar surface area (TPSA) is 111 Å². The number of allylic oxidation sites excluding steroid dienone is 3. The molecule has 0 saturated carbocycles. The van der Waals surface area contributed by atoms with Gasteiger partial charge in [-0.15, -0.1) is 0 Å². The van der Waals surface area contributed by atoms with E-state index in [2.05, 4.69) is 44.3 Å². The maximum absolute atomic E-state index is 13.6. The molecule has 0 heterocycles. The number of likely N-dealkylation sites (N-methyl/N-ethyl adjacent to an activating group) is 1. The summed E-state index contributed by atoms with van der Waals surface area (Å²) in [6.07, 6.45) is 79.2. The molecule has 84 heavy (non-hydrogen) atoms. The molecule has 0 fully saturated rings. The largest absolute Gasteiger partial charge is 0.472 e. The summed E-state index contributed by atoms with van der Waals surface area (Å²) in [5, 5.41) is 3.08. The van der Waals surface area contributed by atoms with Gasteiger partial charge in [0.15, 0.2) is 0 Å². The molecule has 0 aromatic carbocycles. The van der Waals surface area contributed by atoms with Crippen molar-refractivity contribution >= 4 is 19.7 Å². The number of phosphoric ester groups is 1. The highest BCUT2D eigenvalue weighted by atomic mass is 31.2. The van der Waals surface area contributed by atoms with Crippen molar-refractivity contribution in [3.63, 3.8) is 0 Å². The molecule has 0 bridgehead atoms. The van der Waals surface area contributed by atoms with Crippen LogP contribution in [0.25, 0.3) is 0 Å². The van der Waals surface area contributed by atoms with Crippen molar-refractivity contribution in [2.75, 3.05) is 40.9 Å². The highest BCUT2D eigenvalue weighted by molar-refractivity contribution is 7.47. The smallest absolute Gasteiger partial charge is 0.456 e. The number of esters is 1. The van der Waals surface area contributed by atoms with Crippen LogP contribution in [0.1, 0.15) is 387 Å². The number of quaternary nitrogens is 1. The number of nitrogens with zero attached hydrogens (tertiary/aromatic N) is 1. The van der Waals surface area contributed by atoms with E-state index in [1.54, 1.807) is 0 Å². The number of rotatable bonds is 69. The molecule has 0 aromatic rings. The maximum atomic E-state index is 13.6. The summed E-state index contributed by atoms with van der Waals surface area (Å²) in [6, 6.07) is -0.842. The van der Waals surface area contributed by atoms with Crippen LogP contribution in [-0.2, 0) is 27.9 Å². The van der Waals surface area contributed by atoms with E-state index in [0.717, 1.165) is 57.8 Å². The van der Waals surface area contributed by atoms with E-state index in [9.17, 15) is 19.0 Å². The number of nitrogens with one attached hydrogen (secondary N) is 1. The number of phosphoric acid groups is 1. The summed E-state index contributed by atoms with van der Waals surface area (Å²) in [6.45, 7) is 7.08. The summed E-state index contributed by atoms with van der Waals surface area (Å²) < 4.78 is 30.9. The van der Waals surface area contributed by atoms with Crippen LogP contribution < -0.4 is 5.32 Å². The predicted octanol–water partition coefficient (Wildman–Crippen LogP) is 23.6. The van der Waals surface area contributed by atoms with Crippen LogP contribution in [0.2, 0.25) is 0 Å². The van der Waals surface area contributed by atoms with E-state index in [-0.39, 0.29) is 25.1 Å². The average Bonchev–Trinajstić information content (AvgIpc) is 3.65. The van der Waals surface area contributed by atoms with Crippen molar-refractivity contribution in [1.82, 2.24) is 5.32 Å². The maximum Gasteiger partial charge on any atom is 0.472 e. The SMILES string of the molecule is CCCCCCCC/C=C/CCCCCCCCCCCCCCCCCCCC(=O)OC(/C=C/CCCCCCCCCCCC)C(COP(=O)(O)OCC[N+](C)(C)C)NC(=O)CCCCCCCCCCCCCCCCCCCCC. The Kier molecular flexibility index (Phi) is 63.3. The highest BCUT2D eigenvalue weighted by Gasteiger charge is 2.30. The Labute approximate surface area is 524 Å². The fourth-order valence-electron chi connectivity index (χ4n) is 11.4. The highest BCUT2D eigenvalue weighted by Crippen LogP contribution is 2.43. The zero-order chi connectivity index (χ0) is 61.4. The van der Waals surface area contributed by atoms with Crippen LogP contribution in [-0.4, -0.2) is 74.3 Å². The van der Waals surface area contributed by atoms with E-state index >= 15 is 0 Å². The first kappa shape index (κ1) is 82.5.